The molecule has 3 rings (SSSR count). The van der Waals surface area contributed by atoms with Crippen molar-refractivity contribution in [3.63, 3.8) is 0 Å². The van der Waals surface area contributed by atoms with E-state index in [-0.39, 0.29) is 0 Å². The summed E-state index contributed by atoms with van der Waals surface area (Å²) in [5.41, 5.74) is 0.838. The molecule has 2 aliphatic heterocycles. The standard InChI is InChI=1S/C15H20F2N2/c16-13-4-1-3-12(14(13)17)9-19-8-2-5-15(11-19)6-7-18-10-15/h1,3-4,18H,2,5-11H2/t15-/m0/s1. The van der Waals surface area contributed by atoms with E-state index in [9.17, 15) is 8.78 Å². The number of nitrogens with zero attached hydrogens (tertiary/aromatic N) is 1. The molecule has 2 aliphatic rings. The van der Waals surface area contributed by atoms with Crippen LogP contribution >= 0.6 is 0 Å². The number of halogens is 2. The number of likely N-dealkylation sites (tertiary alicyclic amines) is 1. The van der Waals surface area contributed by atoms with Gasteiger partial charge in [-0.1, -0.05) is 12.1 Å². The summed E-state index contributed by atoms with van der Waals surface area (Å²) in [6, 6.07) is 4.45. The van der Waals surface area contributed by atoms with Gasteiger partial charge in [-0.15, -0.1) is 0 Å². The molecule has 104 valence electrons. The fourth-order valence-electron chi connectivity index (χ4n) is 3.50. The molecule has 0 bridgehead atoms. The van der Waals surface area contributed by atoms with Gasteiger partial charge in [0.05, 0.1) is 0 Å². The van der Waals surface area contributed by atoms with Gasteiger partial charge >= 0.3 is 0 Å². The van der Waals surface area contributed by atoms with Crippen LogP contribution in [0.4, 0.5) is 8.78 Å². The fourth-order valence-corrected chi connectivity index (χ4v) is 3.50. The fraction of sp³-hybridized carbons (Fsp3) is 0.600. The summed E-state index contributed by atoms with van der Waals surface area (Å²) in [5.74, 6) is -1.43. The van der Waals surface area contributed by atoms with Gasteiger partial charge in [-0.25, -0.2) is 8.78 Å². The van der Waals surface area contributed by atoms with Crippen molar-refractivity contribution in [2.75, 3.05) is 26.2 Å². The van der Waals surface area contributed by atoms with Crippen LogP contribution in [0.25, 0.3) is 0 Å². The van der Waals surface area contributed by atoms with E-state index in [1.807, 2.05) is 0 Å². The van der Waals surface area contributed by atoms with Crippen LogP contribution in [-0.2, 0) is 6.54 Å². The van der Waals surface area contributed by atoms with E-state index in [1.165, 1.54) is 18.9 Å². The predicted octanol–water partition coefficient (Wildman–Crippen LogP) is 2.54. The van der Waals surface area contributed by atoms with Crippen LogP contribution in [0.3, 0.4) is 0 Å². The zero-order chi connectivity index (χ0) is 13.3. The summed E-state index contributed by atoms with van der Waals surface area (Å²) in [7, 11) is 0. The van der Waals surface area contributed by atoms with Gasteiger partial charge in [0.25, 0.3) is 0 Å². The van der Waals surface area contributed by atoms with Gasteiger partial charge < -0.3 is 5.32 Å². The van der Waals surface area contributed by atoms with E-state index in [4.69, 9.17) is 0 Å². The van der Waals surface area contributed by atoms with Crippen LogP contribution < -0.4 is 5.32 Å². The van der Waals surface area contributed by atoms with Gasteiger partial charge in [0.1, 0.15) is 0 Å². The quantitative estimate of drug-likeness (QED) is 0.885. The van der Waals surface area contributed by atoms with Crippen molar-refractivity contribution in [3.05, 3.63) is 35.4 Å². The largest absolute Gasteiger partial charge is 0.316 e. The minimum absolute atomic E-state index is 0.363. The van der Waals surface area contributed by atoms with E-state index >= 15 is 0 Å². The van der Waals surface area contributed by atoms with E-state index < -0.39 is 11.6 Å². The van der Waals surface area contributed by atoms with E-state index in [2.05, 4.69) is 10.2 Å². The second-order valence-corrected chi connectivity index (χ2v) is 5.95. The molecular weight excluding hydrogens is 246 g/mol. The van der Waals surface area contributed by atoms with Gasteiger partial charge in [0, 0.05) is 25.2 Å². The van der Waals surface area contributed by atoms with Gasteiger partial charge in [-0.05, 0) is 43.8 Å². The van der Waals surface area contributed by atoms with Gasteiger partial charge in [-0.2, -0.15) is 0 Å². The number of benzene rings is 1. The molecule has 1 aromatic carbocycles. The number of rotatable bonds is 2. The lowest BCUT2D eigenvalue weighted by molar-refractivity contribution is 0.0967. The molecule has 0 aromatic heterocycles. The first-order chi connectivity index (χ1) is 9.19. The molecular formula is C15H20F2N2. The van der Waals surface area contributed by atoms with Crippen LogP contribution in [0.2, 0.25) is 0 Å². The summed E-state index contributed by atoms with van der Waals surface area (Å²) in [4.78, 5) is 2.27. The zero-order valence-electron chi connectivity index (χ0n) is 11.1. The molecule has 0 radical (unpaired) electrons. The molecule has 1 spiro atoms. The Hall–Kier alpha value is -1.00. The molecule has 2 nitrogen and oxygen atoms in total. The molecule has 4 heteroatoms. The first-order valence-corrected chi connectivity index (χ1v) is 7.05. The topological polar surface area (TPSA) is 15.3 Å². The van der Waals surface area contributed by atoms with E-state index in [1.54, 1.807) is 12.1 Å². The van der Waals surface area contributed by atoms with Crippen molar-refractivity contribution in [1.29, 1.82) is 0 Å². The van der Waals surface area contributed by atoms with Gasteiger partial charge in [-0.3, -0.25) is 4.90 Å². The maximum absolute atomic E-state index is 13.7. The molecule has 1 N–H and O–H groups in total. The van der Waals surface area contributed by atoms with Crippen molar-refractivity contribution in [3.8, 4) is 0 Å². The minimum atomic E-state index is -0.744. The average Bonchev–Trinajstić information content (AvgIpc) is 2.83. The van der Waals surface area contributed by atoms with Crippen molar-refractivity contribution < 1.29 is 8.78 Å². The number of hydrogen-bond acceptors (Lipinski definition) is 2. The van der Waals surface area contributed by atoms with E-state index in [0.717, 1.165) is 32.6 Å². The SMILES string of the molecule is Fc1cccc(CN2CCC[C@@]3(CCNC3)C2)c1F. The number of hydrogen-bond donors (Lipinski definition) is 1. The van der Waals surface area contributed by atoms with Crippen LogP contribution in [0, 0.1) is 17.0 Å². The Morgan fingerprint density at radius 2 is 2.16 bits per heavy atom. The first kappa shape index (κ1) is 13.0. The molecule has 1 aromatic rings. The van der Waals surface area contributed by atoms with Crippen molar-refractivity contribution >= 4 is 0 Å². The highest BCUT2D eigenvalue weighted by Crippen LogP contribution is 2.36. The molecule has 0 unspecified atom stereocenters. The third kappa shape index (κ3) is 2.65. The highest BCUT2D eigenvalue weighted by Gasteiger charge is 2.37. The third-order valence-corrected chi connectivity index (χ3v) is 4.50. The monoisotopic (exact) mass is 266 g/mol. The van der Waals surface area contributed by atoms with Crippen LogP contribution in [0.1, 0.15) is 24.8 Å². The molecule has 19 heavy (non-hydrogen) atoms. The highest BCUT2D eigenvalue weighted by atomic mass is 19.2. The lowest BCUT2D eigenvalue weighted by Crippen LogP contribution is -2.44. The maximum atomic E-state index is 13.7. The Bertz CT molecular complexity index is 455. The van der Waals surface area contributed by atoms with Crippen LogP contribution in [0.15, 0.2) is 18.2 Å². The zero-order valence-corrected chi connectivity index (χ0v) is 11.1. The smallest absolute Gasteiger partial charge is 0.163 e. The summed E-state index contributed by atoms with van der Waals surface area (Å²) in [6.07, 6.45) is 3.61. The normalized spacial score (nSPS) is 28.1. The van der Waals surface area contributed by atoms with Crippen LogP contribution in [0.5, 0.6) is 0 Å². The third-order valence-electron chi connectivity index (χ3n) is 4.50. The van der Waals surface area contributed by atoms with E-state index in [0.29, 0.717) is 17.5 Å². The molecule has 2 heterocycles. The second kappa shape index (κ2) is 5.17. The summed E-state index contributed by atoms with van der Waals surface area (Å²) in [6.45, 7) is 4.65. The van der Waals surface area contributed by atoms with Crippen molar-refractivity contribution in [1.82, 2.24) is 10.2 Å². The maximum Gasteiger partial charge on any atom is 0.163 e. The highest BCUT2D eigenvalue weighted by molar-refractivity contribution is 5.19. The van der Waals surface area contributed by atoms with Crippen LogP contribution in [-0.4, -0.2) is 31.1 Å². The van der Waals surface area contributed by atoms with Crippen molar-refractivity contribution in [2.45, 2.75) is 25.8 Å². The Morgan fingerprint density at radius 1 is 1.26 bits per heavy atom. The molecule has 2 fully saturated rings. The molecule has 0 amide bonds. The first-order valence-electron chi connectivity index (χ1n) is 7.05. The molecule has 2 saturated heterocycles. The Balaban J connectivity index is 1.71. The molecule has 0 saturated carbocycles. The predicted molar refractivity (Wildman–Crippen MR) is 70.8 cm³/mol. The Kier molecular flexibility index (Phi) is 3.54. The Labute approximate surface area is 112 Å². The average molecular weight is 266 g/mol. The molecule has 0 aliphatic carbocycles. The lowest BCUT2D eigenvalue weighted by Gasteiger charge is -2.40. The summed E-state index contributed by atoms with van der Waals surface area (Å²) < 4.78 is 26.9. The molecule has 1 atom stereocenters. The minimum Gasteiger partial charge on any atom is -0.316 e. The summed E-state index contributed by atoms with van der Waals surface area (Å²) >= 11 is 0. The van der Waals surface area contributed by atoms with Gasteiger partial charge in [0.2, 0.25) is 0 Å². The lowest BCUT2D eigenvalue weighted by atomic mass is 9.79. The van der Waals surface area contributed by atoms with Crippen molar-refractivity contribution in [2.24, 2.45) is 5.41 Å². The van der Waals surface area contributed by atoms with Gasteiger partial charge in [0.15, 0.2) is 11.6 Å². The second-order valence-electron chi connectivity index (χ2n) is 5.95. The number of piperidine rings is 1. The number of nitrogens with one attached hydrogen (secondary N) is 1. The summed E-state index contributed by atoms with van der Waals surface area (Å²) in [5, 5.41) is 3.43. The Morgan fingerprint density at radius 3 is 2.95 bits per heavy atom.